The van der Waals surface area contributed by atoms with Crippen LogP contribution in [0, 0.1) is 0 Å². The molecule has 234 valence electrons. The maximum atomic E-state index is 9.11. The average Bonchev–Trinajstić information content (AvgIpc) is 3.84. The van der Waals surface area contributed by atoms with Crippen LogP contribution in [0.15, 0.2) is 174 Å². The molecule has 0 aliphatic heterocycles. The number of hydrogen-bond acceptors (Lipinski definition) is 4. The maximum Gasteiger partial charge on any atom is 0.164 e. The zero-order valence-electron chi connectivity index (χ0n) is 34.2. The Bertz CT molecular complexity index is 3250. The summed E-state index contributed by atoms with van der Waals surface area (Å²) in [5.74, 6) is 1.24. The van der Waals surface area contributed by atoms with E-state index in [0.29, 0.717) is 50.7 Å². The van der Waals surface area contributed by atoms with Crippen molar-refractivity contribution in [3.8, 4) is 51.0 Å². The molecule has 10 aromatic rings. The number of benzene rings is 7. The first kappa shape index (κ1) is 21.2. The van der Waals surface area contributed by atoms with Crippen molar-refractivity contribution in [2.24, 2.45) is 0 Å². The molecule has 0 N–H and O–H groups in total. The first-order chi connectivity index (χ1) is 28.1. The largest absolute Gasteiger partial charge is 0.456 e. The Morgan fingerprint density at radius 1 is 0.460 bits per heavy atom. The lowest BCUT2D eigenvalue weighted by atomic mass is 10.0. The molecule has 5 heteroatoms. The van der Waals surface area contributed by atoms with E-state index in [1.54, 1.807) is 18.2 Å². The molecule has 0 spiro atoms. The Kier molecular flexibility index (Phi) is 4.83. The van der Waals surface area contributed by atoms with Gasteiger partial charge < -0.3 is 8.98 Å². The highest BCUT2D eigenvalue weighted by molar-refractivity contribution is 6.17. The van der Waals surface area contributed by atoms with Gasteiger partial charge in [-0.1, -0.05) is 133 Å². The van der Waals surface area contributed by atoms with Gasteiger partial charge in [-0.25, -0.2) is 15.0 Å². The summed E-state index contributed by atoms with van der Waals surface area (Å²) in [5, 5.41) is 1.11. The lowest BCUT2D eigenvalue weighted by Crippen LogP contribution is -2.01. The molecule has 10 rings (SSSR count). The maximum absolute atomic E-state index is 9.11. The van der Waals surface area contributed by atoms with Crippen molar-refractivity contribution >= 4 is 43.7 Å². The van der Waals surface area contributed by atoms with Gasteiger partial charge in [0.05, 0.1) is 33.1 Å². The molecule has 7 aromatic carbocycles. The van der Waals surface area contributed by atoms with Crippen LogP contribution in [0.4, 0.5) is 0 Å². The van der Waals surface area contributed by atoms with E-state index >= 15 is 0 Å². The lowest BCUT2D eigenvalue weighted by Gasteiger charge is -2.12. The molecule has 3 aromatic heterocycles. The zero-order valence-corrected chi connectivity index (χ0v) is 26.2. The Morgan fingerprint density at radius 2 is 1.00 bits per heavy atom. The van der Waals surface area contributed by atoms with Crippen LogP contribution < -0.4 is 0 Å². The van der Waals surface area contributed by atoms with Crippen molar-refractivity contribution in [2.75, 3.05) is 0 Å². The van der Waals surface area contributed by atoms with Gasteiger partial charge in [-0.3, -0.25) is 0 Å². The number of aromatic nitrogens is 4. The fraction of sp³-hybridized carbons (Fsp3) is 0. The van der Waals surface area contributed by atoms with Gasteiger partial charge in [0, 0.05) is 32.8 Å². The molecule has 0 amide bonds. The molecule has 0 aliphatic carbocycles. The minimum atomic E-state index is -0.507. The number of nitrogens with zero attached hydrogens (tertiary/aromatic N) is 4. The summed E-state index contributed by atoms with van der Waals surface area (Å²) in [6, 6.07) is 34.9. The summed E-state index contributed by atoms with van der Waals surface area (Å²) in [6.07, 6.45) is 0. The third-order valence-corrected chi connectivity index (χ3v) is 8.91. The molecule has 0 bridgehead atoms. The second-order valence-corrected chi connectivity index (χ2v) is 11.8. The van der Waals surface area contributed by atoms with Crippen LogP contribution in [-0.2, 0) is 0 Å². The first-order valence-electron chi connectivity index (χ1n) is 20.1. The minimum Gasteiger partial charge on any atom is -0.456 e. The Labute approximate surface area is 299 Å². The van der Waals surface area contributed by atoms with Crippen LogP contribution in [0.1, 0.15) is 11.0 Å². The van der Waals surface area contributed by atoms with E-state index < -0.39 is 36.3 Å². The van der Waals surface area contributed by atoms with Crippen LogP contribution in [0.3, 0.4) is 0 Å². The third kappa shape index (κ3) is 4.52. The molecule has 5 nitrogen and oxygen atoms in total. The molecular weight excluding hydrogens is 613 g/mol. The predicted octanol–water partition coefficient (Wildman–Crippen LogP) is 11.5. The lowest BCUT2D eigenvalue weighted by molar-refractivity contribution is 0.669. The fourth-order valence-electron chi connectivity index (χ4n) is 6.69. The standard InChI is InChI=1S/C45H28N4O/c1-3-14-29(15-4-1)31-18-11-19-32(28-31)44-46-43(30-16-5-2-6-17-30)47-45(48-44)35-22-12-26-39-41(35)42-38(25-13-27-40(42)50-39)49-36-23-9-7-20-33(36)34-21-8-10-24-37(34)49/h1-28H/i7D,8D,9D,10D,20D,21D,23D,24D. The van der Waals surface area contributed by atoms with Gasteiger partial charge in [-0.2, -0.15) is 0 Å². The van der Waals surface area contributed by atoms with Crippen molar-refractivity contribution in [3.63, 3.8) is 0 Å². The van der Waals surface area contributed by atoms with Gasteiger partial charge in [0.25, 0.3) is 0 Å². The topological polar surface area (TPSA) is 56.7 Å². The predicted molar refractivity (Wildman–Crippen MR) is 203 cm³/mol. The molecule has 0 aliphatic rings. The second-order valence-electron chi connectivity index (χ2n) is 11.8. The molecule has 50 heavy (non-hydrogen) atoms. The Balaban J connectivity index is 1.31. The van der Waals surface area contributed by atoms with Crippen molar-refractivity contribution < 1.29 is 15.4 Å². The van der Waals surface area contributed by atoms with E-state index in [1.165, 1.54) is 4.57 Å². The van der Waals surface area contributed by atoms with E-state index in [4.69, 9.17) is 30.3 Å². The monoisotopic (exact) mass is 648 g/mol. The van der Waals surface area contributed by atoms with Gasteiger partial charge >= 0.3 is 0 Å². The van der Waals surface area contributed by atoms with Gasteiger partial charge in [0.2, 0.25) is 0 Å². The summed E-state index contributed by atoms with van der Waals surface area (Å²) >= 11 is 0. The van der Waals surface area contributed by atoms with Gasteiger partial charge in [0.15, 0.2) is 17.5 Å². The van der Waals surface area contributed by atoms with Gasteiger partial charge in [0.1, 0.15) is 11.2 Å². The quantitative estimate of drug-likeness (QED) is 0.186. The first-order valence-corrected chi connectivity index (χ1v) is 16.1. The fourth-order valence-corrected chi connectivity index (χ4v) is 6.69. The molecule has 0 saturated heterocycles. The van der Waals surface area contributed by atoms with Crippen molar-refractivity contribution in [2.45, 2.75) is 0 Å². The molecule has 3 heterocycles. The highest BCUT2D eigenvalue weighted by atomic mass is 16.3. The average molecular weight is 649 g/mol. The summed E-state index contributed by atoms with van der Waals surface area (Å²) < 4.78 is 78.3. The Morgan fingerprint density at radius 3 is 1.72 bits per heavy atom. The molecule has 0 fully saturated rings. The van der Waals surface area contributed by atoms with Crippen molar-refractivity contribution in [1.82, 2.24) is 19.5 Å². The van der Waals surface area contributed by atoms with Gasteiger partial charge in [-0.15, -0.1) is 0 Å². The number of fused-ring (bicyclic) bond motifs is 6. The van der Waals surface area contributed by atoms with E-state index in [0.717, 1.165) is 22.3 Å². The van der Waals surface area contributed by atoms with Crippen LogP contribution in [0.5, 0.6) is 0 Å². The smallest absolute Gasteiger partial charge is 0.164 e. The number of rotatable bonds is 5. The number of hydrogen-bond donors (Lipinski definition) is 0. The second kappa shape index (κ2) is 11.4. The zero-order chi connectivity index (χ0) is 40.0. The van der Waals surface area contributed by atoms with E-state index in [9.17, 15) is 0 Å². The SMILES string of the molecule is [2H]c1c([2H])c([2H])c2c(c1[2H])c1c([2H])c([2H])c([2H])c([2H])c1n2-c1cccc2oc3cccc(-c4nc(-c5ccccc5)nc(-c5cccc(-c6ccccc6)c5)n4)c3c12. The molecule has 0 unspecified atom stereocenters. The number of para-hydroxylation sites is 2. The van der Waals surface area contributed by atoms with Crippen molar-refractivity contribution in [1.29, 1.82) is 0 Å². The molecule has 0 radical (unpaired) electrons. The highest BCUT2D eigenvalue weighted by Crippen LogP contribution is 2.42. The normalized spacial score (nSPS) is 13.8. The summed E-state index contributed by atoms with van der Waals surface area (Å²) in [7, 11) is 0. The molecular formula is C45H28N4O. The van der Waals surface area contributed by atoms with E-state index in [1.807, 2.05) is 103 Å². The van der Waals surface area contributed by atoms with Crippen LogP contribution in [0.2, 0.25) is 0 Å². The summed E-state index contributed by atoms with van der Waals surface area (Å²) in [4.78, 5) is 15.1. The molecule has 0 atom stereocenters. The third-order valence-electron chi connectivity index (χ3n) is 8.91. The van der Waals surface area contributed by atoms with Crippen LogP contribution in [0.25, 0.3) is 94.7 Å². The highest BCUT2D eigenvalue weighted by Gasteiger charge is 2.22. The van der Waals surface area contributed by atoms with Crippen LogP contribution >= 0.6 is 0 Å². The summed E-state index contributed by atoms with van der Waals surface area (Å²) in [5.41, 5.74) is 5.52. The van der Waals surface area contributed by atoms with Gasteiger partial charge in [-0.05, 0) is 47.5 Å². The van der Waals surface area contributed by atoms with E-state index in [-0.39, 0.29) is 33.9 Å². The number of furan rings is 1. The summed E-state index contributed by atoms with van der Waals surface area (Å²) in [6.45, 7) is 0. The van der Waals surface area contributed by atoms with Crippen LogP contribution in [-0.4, -0.2) is 19.5 Å². The Hall–Kier alpha value is -6.85. The minimum absolute atomic E-state index is 0.00891. The molecule has 0 saturated carbocycles. The van der Waals surface area contributed by atoms with Crippen molar-refractivity contribution in [3.05, 3.63) is 170 Å². The van der Waals surface area contributed by atoms with E-state index in [2.05, 4.69) is 0 Å².